The summed E-state index contributed by atoms with van der Waals surface area (Å²) in [6, 6.07) is 5.49. The third-order valence-corrected chi connectivity index (χ3v) is 3.51. The van der Waals surface area contributed by atoms with Gasteiger partial charge in [0.05, 0.1) is 10.5 Å². The van der Waals surface area contributed by atoms with Crippen LogP contribution in [-0.4, -0.2) is 40.7 Å². The molecule has 0 aliphatic rings. The van der Waals surface area contributed by atoms with Gasteiger partial charge in [0.15, 0.2) is 0 Å². The Kier molecular flexibility index (Phi) is 8.96. The van der Waals surface area contributed by atoms with Crippen molar-refractivity contribution in [2.24, 2.45) is 0 Å². The van der Waals surface area contributed by atoms with Crippen LogP contribution in [0.15, 0.2) is 24.3 Å². The van der Waals surface area contributed by atoms with Gasteiger partial charge < -0.3 is 19.5 Å². The topological polar surface area (TPSA) is 134 Å². The maximum absolute atomic E-state index is 12.6. The Morgan fingerprint density at radius 3 is 2.16 bits per heavy atom. The fourth-order valence-corrected chi connectivity index (χ4v) is 2.40. The highest BCUT2D eigenvalue weighted by atomic mass is 16.6. The lowest BCUT2D eigenvalue weighted by atomic mass is 10.1. The van der Waals surface area contributed by atoms with E-state index in [1.54, 1.807) is 41.5 Å². The number of rotatable bonds is 8. The molecule has 0 spiro atoms. The van der Waals surface area contributed by atoms with Gasteiger partial charge in [0.1, 0.15) is 11.2 Å². The summed E-state index contributed by atoms with van der Waals surface area (Å²) in [5.74, 6) is -1.68. The summed E-state index contributed by atoms with van der Waals surface area (Å²) in [6.07, 6.45) is -2.12. The highest BCUT2D eigenvalue weighted by molar-refractivity contribution is 5.82. The second-order valence-electron chi connectivity index (χ2n) is 8.75. The van der Waals surface area contributed by atoms with Crippen molar-refractivity contribution in [2.75, 3.05) is 6.54 Å². The first kappa shape index (κ1) is 25.9. The van der Waals surface area contributed by atoms with Crippen LogP contribution in [0.4, 0.5) is 10.5 Å². The van der Waals surface area contributed by atoms with Gasteiger partial charge in [-0.15, -0.1) is 0 Å². The van der Waals surface area contributed by atoms with Crippen molar-refractivity contribution in [3.05, 3.63) is 39.9 Å². The molecule has 0 saturated heterocycles. The van der Waals surface area contributed by atoms with E-state index >= 15 is 0 Å². The number of amides is 1. The molecule has 0 aromatic heterocycles. The van der Waals surface area contributed by atoms with Gasteiger partial charge in [-0.2, -0.15) is 0 Å². The van der Waals surface area contributed by atoms with E-state index in [9.17, 15) is 24.5 Å². The minimum absolute atomic E-state index is 0.0815. The molecule has 0 fully saturated rings. The predicted molar refractivity (Wildman–Crippen MR) is 111 cm³/mol. The largest absolute Gasteiger partial charge is 0.457 e. The molecule has 0 aliphatic carbocycles. The number of ether oxygens (including phenoxy) is 3. The molecule has 0 bridgehead atoms. The molecule has 0 heterocycles. The number of alkyl carbamates (subject to hydrolysis) is 1. The van der Waals surface area contributed by atoms with Crippen LogP contribution in [0.3, 0.4) is 0 Å². The first-order valence-corrected chi connectivity index (χ1v) is 9.82. The summed E-state index contributed by atoms with van der Waals surface area (Å²) in [4.78, 5) is 47.2. The van der Waals surface area contributed by atoms with Crippen LogP contribution in [0.1, 0.15) is 66.1 Å². The Balaban J connectivity index is 2.83. The van der Waals surface area contributed by atoms with Crippen LogP contribution >= 0.6 is 0 Å². The van der Waals surface area contributed by atoms with Gasteiger partial charge in [-0.1, -0.05) is 12.1 Å². The number of benzene rings is 1. The van der Waals surface area contributed by atoms with Crippen LogP contribution in [0.2, 0.25) is 0 Å². The van der Waals surface area contributed by atoms with Crippen LogP contribution in [0.5, 0.6) is 0 Å². The van der Waals surface area contributed by atoms with E-state index in [0.717, 1.165) is 0 Å². The smallest absolute Gasteiger partial charge is 0.407 e. The van der Waals surface area contributed by atoms with Crippen molar-refractivity contribution in [1.29, 1.82) is 0 Å². The number of nitro groups is 1. The Morgan fingerprint density at radius 1 is 1.03 bits per heavy atom. The maximum atomic E-state index is 12.6. The van der Waals surface area contributed by atoms with Crippen LogP contribution in [0.25, 0.3) is 0 Å². The number of hydrogen-bond donors (Lipinski definition) is 1. The number of para-hydroxylation sites is 1. The zero-order valence-electron chi connectivity index (χ0n) is 18.7. The Bertz CT molecular complexity index is 808. The van der Waals surface area contributed by atoms with Gasteiger partial charge in [-0.25, -0.2) is 9.59 Å². The van der Waals surface area contributed by atoms with Crippen LogP contribution in [0, 0.1) is 10.1 Å². The molecule has 172 valence electrons. The molecule has 1 aromatic carbocycles. The van der Waals surface area contributed by atoms with Gasteiger partial charge in [0, 0.05) is 19.0 Å². The second-order valence-corrected chi connectivity index (χ2v) is 8.75. The van der Waals surface area contributed by atoms with Crippen LogP contribution in [-0.2, 0) is 23.8 Å². The number of carbonyl (C=O) groups excluding carboxylic acids is 3. The van der Waals surface area contributed by atoms with Crippen molar-refractivity contribution in [3.8, 4) is 0 Å². The molecule has 31 heavy (non-hydrogen) atoms. The lowest BCUT2D eigenvalue weighted by Gasteiger charge is -2.24. The van der Waals surface area contributed by atoms with E-state index < -0.39 is 40.3 Å². The third-order valence-electron chi connectivity index (χ3n) is 3.51. The van der Waals surface area contributed by atoms with E-state index in [4.69, 9.17) is 14.2 Å². The molecule has 0 aliphatic heterocycles. The first-order valence-electron chi connectivity index (χ1n) is 9.82. The van der Waals surface area contributed by atoms with Crippen molar-refractivity contribution in [2.45, 2.75) is 71.7 Å². The van der Waals surface area contributed by atoms with E-state index in [2.05, 4.69) is 5.32 Å². The molecule has 0 radical (unpaired) electrons. The molecule has 1 rings (SSSR count). The molecule has 1 aromatic rings. The highest BCUT2D eigenvalue weighted by Gasteiger charge is 2.34. The molecule has 1 N–H and O–H groups in total. The van der Waals surface area contributed by atoms with Crippen molar-refractivity contribution >= 4 is 23.7 Å². The summed E-state index contributed by atoms with van der Waals surface area (Å²) in [6.45, 7) is 10.2. The first-order chi connectivity index (χ1) is 14.2. The van der Waals surface area contributed by atoms with Gasteiger partial charge in [-0.3, -0.25) is 14.9 Å². The summed E-state index contributed by atoms with van der Waals surface area (Å²) in [5, 5.41) is 13.9. The number of hydrogen-bond acceptors (Lipinski definition) is 8. The summed E-state index contributed by atoms with van der Waals surface area (Å²) in [5.41, 5.74) is -1.98. The second kappa shape index (κ2) is 10.7. The molecular formula is C21H30N2O8. The Labute approximate surface area is 181 Å². The fraction of sp³-hybridized carbons (Fsp3) is 0.571. The minimum Gasteiger partial charge on any atom is -0.457 e. The number of carbonyl (C=O) groups is 3. The monoisotopic (exact) mass is 438 g/mol. The van der Waals surface area contributed by atoms with Gasteiger partial charge in [-0.05, 0) is 54.0 Å². The lowest BCUT2D eigenvalue weighted by Crippen LogP contribution is -2.33. The molecule has 1 atom stereocenters. The number of nitrogens with zero attached hydrogens (tertiary/aromatic N) is 1. The third kappa shape index (κ3) is 9.92. The van der Waals surface area contributed by atoms with Crippen molar-refractivity contribution in [1.82, 2.24) is 5.32 Å². The molecule has 1 amide bonds. The number of nitro benzene ring substituents is 1. The molecule has 0 unspecified atom stereocenters. The van der Waals surface area contributed by atoms with E-state index in [1.807, 2.05) is 0 Å². The van der Waals surface area contributed by atoms with E-state index in [0.29, 0.717) is 0 Å². The Hall–Kier alpha value is -3.17. The van der Waals surface area contributed by atoms with Gasteiger partial charge in [0.2, 0.25) is 6.10 Å². The van der Waals surface area contributed by atoms with Crippen molar-refractivity contribution in [3.63, 3.8) is 0 Å². The normalized spacial score (nSPS) is 12.5. The fourth-order valence-electron chi connectivity index (χ4n) is 2.40. The predicted octanol–water partition coefficient (Wildman–Crippen LogP) is 3.83. The lowest BCUT2D eigenvalue weighted by molar-refractivity contribution is -0.386. The summed E-state index contributed by atoms with van der Waals surface area (Å²) in [7, 11) is 0. The SMILES string of the molecule is CC(C)(C)OC(=O)NCCCC(=O)O[C@H](C(=O)OC(C)(C)C)c1ccccc1[N+](=O)[O-]. The summed E-state index contributed by atoms with van der Waals surface area (Å²) >= 11 is 0. The van der Waals surface area contributed by atoms with E-state index in [1.165, 1.54) is 24.3 Å². The number of nitrogens with one attached hydrogen (secondary N) is 1. The molecular weight excluding hydrogens is 408 g/mol. The quantitative estimate of drug-likeness (QED) is 0.213. The Morgan fingerprint density at radius 2 is 1.61 bits per heavy atom. The average Bonchev–Trinajstić information content (AvgIpc) is 2.60. The van der Waals surface area contributed by atoms with Crippen molar-refractivity contribution < 1.29 is 33.5 Å². The zero-order valence-corrected chi connectivity index (χ0v) is 18.7. The average molecular weight is 438 g/mol. The van der Waals surface area contributed by atoms with Gasteiger partial charge in [0.25, 0.3) is 5.69 Å². The zero-order chi connectivity index (χ0) is 23.8. The maximum Gasteiger partial charge on any atom is 0.407 e. The standard InChI is InChI=1S/C21H30N2O8/c1-20(2,3)30-18(25)17(14-10-7-8-11-15(14)23(27)28)29-16(24)12-9-13-22-19(26)31-21(4,5)6/h7-8,10-11,17H,9,12-13H2,1-6H3,(H,22,26)/t17-/m0/s1. The number of esters is 2. The molecule has 10 heteroatoms. The molecule has 10 nitrogen and oxygen atoms in total. The highest BCUT2D eigenvalue weighted by Crippen LogP contribution is 2.30. The van der Waals surface area contributed by atoms with E-state index in [-0.39, 0.29) is 30.6 Å². The minimum atomic E-state index is -1.59. The van der Waals surface area contributed by atoms with Crippen LogP contribution < -0.4 is 5.32 Å². The molecule has 0 saturated carbocycles. The van der Waals surface area contributed by atoms with Gasteiger partial charge >= 0.3 is 18.0 Å². The summed E-state index contributed by atoms with van der Waals surface area (Å²) < 4.78 is 15.6.